The molecule has 3 N–H and O–H groups in total. The van der Waals surface area contributed by atoms with Gasteiger partial charge in [0.2, 0.25) is 0 Å². The molecule has 0 spiro atoms. The number of carbonyl (C=O) groups is 1. The van der Waals surface area contributed by atoms with Crippen LogP contribution in [-0.4, -0.2) is 45.4 Å². The lowest BCUT2D eigenvalue weighted by atomic mass is 10.0. The van der Waals surface area contributed by atoms with Gasteiger partial charge in [0.1, 0.15) is 0 Å². The molecule has 1 unspecified atom stereocenters. The summed E-state index contributed by atoms with van der Waals surface area (Å²) in [5.41, 5.74) is 2.27. The molecule has 0 saturated carbocycles. The summed E-state index contributed by atoms with van der Waals surface area (Å²) >= 11 is 0. The lowest BCUT2D eigenvalue weighted by molar-refractivity contribution is 0.0948. The Morgan fingerprint density at radius 2 is 2.21 bits per heavy atom. The van der Waals surface area contributed by atoms with Gasteiger partial charge < -0.3 is 4.90 Å². The smallest absolute Gasteiger partial charge is 0.287 e. The molecule has 0 saturated heterocycles. The SMILES string of the molecule is CC(C)CC(C)N(C)CCn1cc(C(=O)NN)nn1. The molecule has 0 fully saturated rings. The molecule has 1 heterocycles. The topological polar surface area (TPSA) is 89.1 Å². The molecule has 7 heteroatoms. The van der Waals surface area contributed by atoms with E-state index in [4.69, 9.17) is 5.84 Å². The number of nitrogens with zero attached hydrogens (tertiary/aromatic N) is 4. The summed E-state index contributed by atoms with van der Waals surface area (Å²) in [7, 11) is 2.09. The van der Waals surface area contributed by atoms with Crippen molar-refractivity contribution in [2.75, 3.05) is 13.6 Å². The molecule has 0 aliphatic heterocycles. The number of likely N-dealkylation sites (N-methyl/N-ethyl adjacent to an activating group) is 1. The quantitative estimate of drug-likeness (QED) is 0.420. The molecule has 108 valence electrons. The van der Waals surface area contributed by atoms with Crippen LogP contribution in [0.4, 0.5) is 0 Å². The Balaban J connectivity index is 2.44. The summed E-state index contributed by atoms with van der Waals surface area (Å²) in [5.74, 6) is 5.30. The Kier molecular flexibility index (Phi) is 5.91. The van der Waals surface area contributed by atoms with Crippen LogP contribution in [0.3, 0.4) is 0 Å². The second-order valence-corrected chi connectivity index (χ2v) is 5.30. The molecule has 0 bridgehead atoms. The summed E-state index contributed by atoms with van der Waals surface area (Å²) in [6, 6.07) is 0.523. The van der Waals surface area contributed by atoms with E-state index in [1.54, 1.807) is 10.9 Å². The number of amides is 1. The number of hydrogen-bond donors (Lipinski definition) is 2. The second kappa shape index (κ2) is 7.20. The van der Waals surface area contributed by atoms with E-state index in [0.29, 0.717) is 18.5 Å². The third-order valence-corrected chi connectivity index (χ3v) is 3.15. The molecule has 1 amide bonds. The lowest BCUT2D eigenvalue weighted by Gasteiger charge is -2.25. The average molecular weight is 268 g/mol. The number of hydrazine groups is 1. The Morgan fingerprint density at radius 3 is 2.79 bits per heavy atom. The van der Waals surface area contributed by atoms with E-state index in [0.717, 1.165) is 13.0 Å². The van der Waals surface area contributed by atoms with Crippen LogP contribution in [0.2, 0.25) is 0 Å². The molecule has 1 atom stereocenters. The van der Waals surface area contributed by atoms with Gasteiger partial charge in [0.05, 0.1) is 12.7 Å². The van der Waals surface area contributed by atoms with Gasteiger partial charge in [-0.25, -0.2) is 5.84 Å². The second-order valence-electron chi connectivity index (χ2n) is 5.30. The normalized spacial score (nSPS) is 13.0. The summed E-state index contributed by atoms with van der Waals surface area (Å²) in [4.78, 5) is 13.5. The first-order valence-electron chi connectivity index (χ1n) is 6.55. The molecular formula is C12H24N6O. The predicted octanol–water partition coefficient (Wildman–Crippen LogP) is 0.248. The van der Waals surface area contributed by atoms with Crippen molar-refractivity contribution in [2.45, 2.75) is 39.8 Å². The molecule has 0 aliphatic carbocycles. The number of nitrogens with one attached hydrogen (secondary N) is 1. The van der Waals surface area contributed by atoms with E-state index in [1.165, 1.54) is 0 Å². The van der Waals surface area contributed by atoms with E-state index in [2.05, 4.69) is 43.0 Å². The van der Waals surface area contributed by atoms with Crippen molar-refractivity contribution in [3.8, 4) is 0 Å². The monoisotopic (exact) mass is 268 g/mol. The van der Waals surface area contributed by atoms with Gasteiger partial charge in [-0.3, -0.25) is 14.9 Å². The van der Waals surface area contributed by atoms with Crippen LogP contribution in [0.5, 0.6) is 0 Å². The number of hydrogen-bond acceptors (Lipinski definition) is 5. The summed E-state index contributed by atoms with van der Waals surface area (Å²) in [6.45, 7) is 8.22. The van der Waals surface area contributed by atoms with E-state index >= 15 is 0 Å². The van der Waals surface area contributed by atoms with Gasteiger partial charge in [0, 0.05) is 12.6 Å². The van der Waals surface area contributed by atoms with Gasteiger partial charge in [-0.05, 0) is 26.3 Å². The van der Waals surface area contributed by atoms with Gasteiger partial charge in [-0.2, -0.15) is 0 Å². The Hall–Kier alpha value is -1.47. The largest absolute Gasteiger partial charge is 0.302 e. The molecule has 1 aromatic rings. The van der Waals surface area contributed by atoms with Crippen LogP contribution < -0.4 is 11.3 Å². The predicted molar refractivity (Wildman–Crippen MR) is 73.2 cm³/mol. The van der Waals surface area contributed by atoms with Gasteiger partial charge in [0.15, 0.2) is 5.69 Å². The molecule has 1 aromatic heterocycles. The summed E-state index contributed by atoms with van der Waals surface area (Å²) in [6.07, 6.45) is 2.76. The zero-order valence-corrected chi connectivity index (χ0v) is 12.1. The first-order valence-corrected chi connectivity index (χ1v) is 6.55. The van der Waals surface area contributed by atoms with Gasteiger partial charge in [-0.15, -0.1) is 5.10 Å². The molecule has 19 heavy (non-hydrogen) atoms. The Morgan fingerprint density at radius 1 is 1.53 bits per heavy atom. The maximum absolute atomic E-state index is 11.2. The number of nitrogen functional groups attached to an aromatic ring is 1. The first-order chi connectivity index (χ1) is 8.93. The number of aromatic nitrogens is 3. The molecule has 0 aliphatic rings. The van der Waals surface area contributed by atoms with E-state index in [9.17, 15) is 4.79 Å². The van der Waals surface area contributed by atoms with Gasteiger partial charge in [-0.1, -0.05) is 19.1 Å². The zero-order chi connectivity index (χ0) is 14.4. The van der Waals surface area contributed by atoms with Crippen molar-refractivity contribution < 1.29 is 4.79 Å². The van der Waals surface area contributed by atoms with Crippen molar-refractivity contribution in [1.82, 2.24) is 25.3 Å². The first kappa shape index (κ1) is 15.6. The highest BCUT2D eigenvalue weighted by Gasteiger charge is 2.12. The van der Waals surface area contributed by atoms with Crippen LogP contribution in [0.25, 0.3) is 0 Å². The van der Waals surface area contributed by atoms with Crippen LogP contribution in [0.15, 0.2) is 6.20 Å². The zero-order valence-electron chi connectivity index (χ0n) is 12.1. The fraction of sp³-hybridized carbons (Fsp3) is 0.750. The van der Waals surface area contributed by atoms with Crippen LogP contribution >= 0.6 is 0 Å². The fourth-order valence-electron chi connectivity index (χ4n) is 1.93. The molecule has 0 radical (unpaired) electrons. The molecule has 7 nitrogen and oxygen atoms in total. The van der Waals surface area contributed by atoms with E-state index in [1.807, 2.05) is 5.43 Å². The molecule has 0 aromatic carbocycles. The van der Waals surface area contributed by atoms with Crippen molar-refractivity contribution in [2.24, 2.45) is 11.8 Å². The van der Waals surface area contributed by atoms with Crippen molar-refractivity contribution >= 4 is 5.91 Å². The number of rotatable bonds is 7. The molecular weight excluding hydrogens is 244 g/mol. The van der Waals surface area contributed by atoms with Crippen molar-refractivity contribution in [1.29, 1.82) is 0 Å². The Labute approximate surface area is 114 Å². The van der Waals surface area contributed by atoms with Crippen molar-refractivity contribution in [3.63, 3.8) is 0 Å². The van der Waals surface area contributed by atoms with Crippen LogP contribution in [-0.2, 0) is 6.54 Å². The highest BCUT2D eigenvalue weighted by Crippen LogP contribution is 2.09. The third-order valence-electron chi connectivity index (χ3n) is 3.15. The standard InChI is InChI=1S/C12H24N6O/c1-9(2)7-10(3)17(4)5-6-18-8-11(15-16-18)12(19)14-13/h8-10H,5-7,13H2,1-4H3,(H,14,19). The average Bonchev–Trinajstić information content (AvgIpc) is 2.82. The minimum absolute atomic E-state index is 0.236. The minimum Gasteiger partial charge on any atom is -0.302 e. The third kappa shape index (κ3) is 4.96. The van der Waals surface area contributed by atoms with E-state index < -0.39 is 5.91 Å². The van der Waals surface area contributed by atoms with Gasteiger partial charge in [0.25, 0.3) is 5.91 Å². The lowest BCUT2D eigenvalue weighted by Crippen LogP contribution is -2.33. The van der Waals surface area contributed by atoms with Crippen LogP contribution in [0, 0.1) is 5.92 Å². The molecule has 1 rings (SSSR count). The van der Waals surface area contributed by atoms with Gasteiger partial charge >= 0.3 is 0 Å². The maximum atomic E-state index is 11.2. The highest BCUT2D eigenvalue weighted by molar-refractivity contribution is 5.91. The number of nitrogens with two attached hydrogens (primary N) is 1. The Bertz CT molecular complexity index is 403. The summed E-state index contributed by atoms with van der Waals surface area (Å²) in [5, 5.41) is 7.66. The van der Waals surface area contributed by atoms with Crippen molar-refractivity contribution in [3.05, 3.63) is 11.9 Å². The van der Waals surface area contributed by atoms with Crippen LogP contribution in [0.1, 0.15) is 37.7 Å². The maximum Gasteiger partial charge on any atom is 0.287 e. The fourth-order valence-corrected chi connectivity index (χ4v) is 1.93. The highest BCUT2D eigenvalue weighted by atomic mass is 16.2. The number of carbonyl (C=O) groups excluding carboxylic acids is 1. The summed E-state index contributed by atoms with van der Waals surface area (Å²) < 4.78 is 1.66. The minimum atomic E-state index is -0.423. The van der Waals surface area contributed by atoms with E-state index in [-0.39, 0.29) is 5.69 Å².